The molecule has 4 aromatic rings. The van der Waals surface area contributed by atoms with Crippen LogP contribution >= 0.6 is 0 Å². The van der Waals surface area contributed by atoms with Gasteiger partial charge in [0.1, 0.15) is 12.4 Å². The van der Waals surface area contributed by atoms with E-state index in [1.54, 1.807) is 0 Å². The van der Waals surface area contributed by atoms with Crippen molar-refractivity contribution in [2.45, 2.75) is 26.3 Å². The summed E-state index contributed by atoms with van der Waals surface area (Å²) in [6.07, 6.45) is 1.35. The summed E-state index contributed by atoms with van der Waals surface area (Å²) in [5.74, 6) is 0.731. The molecule has 0 fully saturated rings. The Hall–Kier alpha value is -2.73. The minimum absolute atomic E-state index is 0.158. The van der Waals surface area contributed by atoms with Crippen molar-refractivity contribution in [3.8, 4) is 5.75 Å². The second-order valence-corrected chi connectivity index (χ2v) is 7.24. The van der Waals surface area contributed by atoms with Gasteiger partial charge in [-0.3, -0.25) is 4.98 Å². The normalized spacial score (nSPS) is 13.1. The van der Waals surface area contributed by atoms with Crippen molar-refractivity contribution < 1.29 is 13.5 Å². The molecular weight excluding hydrogens is 360 g/mol. The molecule has 0 bridgehead atoms. The van der Waals surface area contributed by atoms with Crippen LogP contribution in [0.15, 0.2) is 42.7 Å². The number of pyridine rings is 1. The molecule has 0 saturated heterocycles. The Bertz CT molecular complexity index is 1150. The van der Waals surface area contributed by atoms with Crippen molar-refractivity contribution in [1.82, 2.24) is 14.9 Å². The molecule has 1 atom stereocenters. The molecule has 2 aromatic carbocycles. The third-order valence-electron chi connectivity index (χ3n) is 5.24. The summed E-state index contributed by atoms with van der Waals surface area (Å²) < 4.78 is 32.7. The first-order chi connectivity index (χ1) is 13.5. The van der Waals surface area contributed by atoms with E-state index in [9.17, 15) is 8.78 Å². The first kappa shape index (κ1) is 18.6. The summed E-state index contributed by atoms with van der Waals surface area (Å²) >= 11 is 0. The van der Waals surface area contributed by atoms with E-state index in [4.69, 9.17) is 4.74 Å². The number of fused-ring (bicyclic) bond motifs is 4. The van der Waals surface area contributed by atoms with Crippen molar-refractivity contribution >= 4 is 32.6 Å². The lowest BCUT2D eigenvalue weighted by Crippen LogP contribution is -2.35. The molecule has 4 nitrogen and oxygen atoms in total. The molecular formula is C22H23F2N3O. The number of benzene rings is 2. The number of aryl methyl sites for hydroxylation is 2. The van der Waals surface area contributed by atoms with Crippen LogP contribution in [-0.4, -0.2) is 35.2 Å². The van der Waals surface area contributed by atoms with E-state index in [0.29, 0.717) is 6.61 Å². The highest BCUT2D eigenvalue weighted by Crippen LogP contribution is 2.36. The molecule has 146 valence electrons. The van der Waals surface area contributed by atoms with Gasteiger partial charge in [0, 0.05) is 47.2 Å². The van der Waals surface area contributed by atoms with Gasteiger partial charge in [-0.05, 0) is 55.1 Å². The third-order valence-corrected chi connectivity index (χ3v) is 5.24. The van der Waals surface area contributed by atoms with Gasteiger partial charge in [-0.1, -0.05) is 0 Å². The molecule has 4 rings (SSSR count). The topological polar surface area (TPSA) is 39.1 Å². The summed E-state index contributed by atoms with van der Waals surface area (Å²) in [7, 11) is 2.07. The Morgan fingerprint density at radius 3 is 2.75 bits per heavy atom. The van der Waals surface area contributed by atoms with Crippen molar-refractivity contribution in [3.63, 3.8) is 0 Å². The number of rotatable bonds is 6. The molecule has 1 unspecified atom stereocenters. The molecule has 0 saturated carbocycles. The Morgan fingerprint density at radius 2 is 1.96 bits per heavy atom. The van der Waals surface area contributed by atoms with E-state index >= 15 is 0 Å². The lowest BCUT2D eigenvalue weighted by molar-refractivity contribution is 0.137. The molecule has 0 aliphatic heterocycles. The minimum atomic E-state index is -2.36. The number of hydrogen-bond donors (Lipinski definition) is 1. The highest BCUT2D eigenvalue weighted by Gasteiger charge is 2.14. The fraction of sp³-hybridized carbons (Fsp3) is 0.318. The van der Waals surface area contributed by atoms with Gasteiger partial charge >= 0.3 is 0 Å². The molecule has 28 heavy (non-hydrogen) atoms. The van der Waals surface area contributed by atoms with Crippen molar-refractivity contribution in [2.75, 3.05) is 13.2 Å². The van der Waals surface area contributed by atoms with E-state index in [1.165, 1.54) is 16.5 Å². The first-order valence-electron chi connectivity index (χ1n) is 9.35. The van der Waals surface area contributed by atoms with Crippen LogP contribution in [-0.2, 0) is 7.05 Å². The average Bonchev–Trinajstić information content (AvgIpc) is 2.97. The van der Waals surface area contributed by atoms with E-state index in [0.717, 1.165) is 27.4 Å². The summed E-state index contributed by atoms with van der Waals surface area (Å²) in [6.45, 7) is 3.97. The standard InChI is InChI=1S/C22H23F2N3O/c1-13(26-11-21(23)24)12-28-16-4-5-20-18(9-16)19-8-15-10-25-7-6-17(15)14(2)22(19)27(20)3/h4-10,13,21,26H,11-12H2,1-3H3. The molecule has 2 aromatic heterocycles. The number of nitrogens with zero attached hydrogens (tertiary/aromatic N) is 2. The highest BCUT2D eigenvalue weighted by atomic mass is 19.3. The largest absolute Gasteiger partial charge is 0.492 e. The number of ether oxygens (including phenoxy) is 1. The van der Waals surface area contributed by atoms with Gasteiger partial charge in [-0.25, -0.2) is 8.78 Å². The predicted octanol–water partition coefficient (Wildman–Crippen LogP) is 4.81. The molecule has 2 heterocycles. The van der Waals surface area contributed by atoms with Crippen LogP contribution in [0.2, 0.25) is 0 Å². The number of hydrogen-bond acceptors (Lipinski definition) is 3. The Morgan fingerprint density at radius 1 is 1.14 bits per heavy atom. The highest BCUT2D eigenvalue weighted by molar-refractivity contribution is 6.14. The third kappa shape index (κ3) is 3.29. The van der Waals surface area contributed by atoms with E-state index in [2.05, 4.69) is 34.9 Å². The van der Waals surface area contributed by atoms with Gasteiger partial charge in [0.05, 0.1) is 12.1 Å². The second-order valence-electron chi connectivity index (χ2n) is 7.24. The Balaban J connectivity index is 1.72. The number of aromatic nitrogens is 2. The SMILES string of the molecule is Cc1c2ccncc2cc2c3cc(OCC(C)NCC(F)F)ccc3n(C)c12. The summed E-state index contributed by atoms with van der Waals surface area (Å²) in [4.78, 5) is 4.25. The van der Waals surface area contributed by atoms with Crippen LogP contribution in [0.3, 0.4) is 0 Å². The fourth-order valence-electron chi connectivity index (χ4n) is 3.86. The van der Waals surface area contributed by atoms with Gasteiger partial charge < -0.3 is 14.6 Å². The second kappa shape index (κ2) is 7.36. The molecule has 1 N–H and O–H groups in total. The van der Waals surface area contributed by atoms with E-state index in [1.807, 2.05) is 43.6 Å². The average molecular weight is 383 g/mol. The van der Waals surface area contributed by atoms with E-state index < -0.39 is 6.43 Å². The molecule has 0 radical (unpaired) electrons. The maximum Gasteiger partial charge on any atom is 0.250 e. The van der Waals surface area contributed by atoms with Crippen LogP contribution < -0.4 is 10.1 Å². The zero-order valence-corrected chi connectivity index (χ0v) is 16.2. The van der Waals surface area contributed by atoms with Crippen molar-refractivity contribution in [3.05, 3.63) is 48.3 Å². The summed E-state index contributed by atoms with van der Waals surface area (Å²) in [5.41, 5.74) is 3.54. The van der Waals surface area contributed by atoms with Crippen molar-refractivity contribution in [1.29, 1.82) is 0 Å². The predicted molar refractivity (Wildman–Crippen MR) is 109 cm³/mol. The van der Waals surface area contributed by atoms with Crippen LogP contribution in [0.4, 0.5) is 8.78 Å². The maximum atomic E-state index is 12.3. The lowest BCUT2D eigenvalue weighted by atomic mass is 10.0. The zero-order valence-electron chi connectivity index (χ0n) is 16.2. The zero-order chi connectivity index (χ0) is 19.8. The number of halogens is 2. The molecule has 0 aliphatic carbocycles. The summed E-state index contributed by atoms with van der Waals surface area (Å²) in [6, 6.07) is 10.1. The van der Waals surface area contributed by atoms with Gasteiger partial charge in [-0.15, -0.1) is 0 Å². The van der Waals surface area contributed by atoms with Gasteiger partial charge in [-0.2, -0.15) is 0 Å². The molecule has 0 aliphatic rings. The lowest BCUT2D eigenvalue weighted by Gasteiger charge is -2.14. The Kier molecular flexibility index (Phi) is 4.89. The molecule has 0 amide bonds. The van der Waals surface area contributed by atoms with Gasteiger partial charge in [0.2, 0.25) is 0 Å². The molecule has 6 heteroatoms. The number of alkyl halides is 2. The summed E-state index contributed by atoms with van der Waals surface area (Å²) in [5, 5.41) is 7.34. The smallest absolute Gasteiger partial charge is 0.250 e. The molecule has 0 spiro atoms. The fourth-order valence-corrected chi connectivity index (χ4v) is 3.86. The maximum absolute atomic E-state index is 12.3. The van der Waals surface area contributed by atoms with Gasteiger partial charge in [0.25, 0.3) is 6.43 Å². The monoisotopic (exact) mass is 383 g/mol. The van der Waals surface area contributed by atoms with Crippen LogP contribution in [0, 0.1) is 6.92 Å². The first-order valence-corrected chi connectivity index (χ1v) is 9.35. The Labute approximate surface area is 162 Å². The van der Waals surface area contributed by atoms with Crippen LogP contribution in [0.5, 0.6) is 5.75 Å². The van der Waals surface area contributed by atoms with Gasteiger partial charge in [0.15, 0.2) is 0 Å². The van der Waals surface area contributed by atoms with Crippen LogP contribution in [0.25, 0.3) is 32.6 Å². The number of nitrogens with one attached hydrogen (secondary N) is 1. The van der Waals surface area contributed by atoms with E-state index in [-0.39, 0.29) is 12.6 Å². The van der Waals surface area contributed by atoms with Crippen LogP contribution in [0.1, 0.15) is 12.5 Å². The minimum Gasteiger partial charge on any atom is -0.492 e. The van der Waals surface area contributed by atoms with Crippen molar-refractivity contribution in [2.24, 2.45) is 7.05 Å². The quantitative estimate of drug-likeness (QED) is 0.519.